The van der Waals surface area contributed by atoms with E-state index in [4.69, 9.17) is 0 Å². The summed E-state index contributed by atoms with van der Waals surface area (Å²) in [5, 5.41) is 15.9. The number of anilines is 1. The summed E-state index contributed by atoms with van der Waals surface area (Å²) in [6.07, 6.45) is 1.64. The summed E-state index contributed by atoms with van der Waals surface area (Å²) in [6.45, 7) is 3.01. The van der Waals surface area contributed by atoms with Crippen molar-refractivity contribution in [3.05, 3.63) is 83.4 Å². The highest BCUT2D eigenvalue weighted by molar-refractivity contribution is 5.80. The molecule has 0 radical (unpaired) electrons. The van der Waals surface area contributed by atoms with Crippen molar-refractivity contribution in [2.24, 2.45) is 5.92 Å². The van der Waals surface area contributed by atoms with Crippen LogP contribution in [0.1, 0.15) is 35.4 Å². The topological polar surface area (TPSA) is 79.5 Å². The van der Waals surface area contributed by atoms with E-state index in [1.807, 2.05) is 18.2 Å². The third-order valence-electron chi connectivity index (χ3n) is 6.93. The summed E-state index contributed by atoms with van der Waals surface area (Å²) in [4.78, 5) is 17.9. The van der Waals surface area contributed by atoms with E-state index in [0.29, 0.717) is 12.2 Å². The van der Waals surface area contributed by atoms with Gasteiger partial charge in [-0.1, -0.05) is 54.6 Å². The number of hydrogen-bond donors (Lipinski definition) is 0. The van der Waals surface area contributed by atoms with E-state index < -0.39 is 0 Å². The van der Waals surface area contributed by atoms with Gasteiger partial charge in [0.2, 0.25) is 5.91 Å². The summed E-state index contributed by atoms with van der Waals surface area (Å²) in [7, 11) is 0. The fraction of sp³-hybridized carbons (Fsp3) is 0.320. The molecule has 8 heteroatoms. The minimum atomic E-state index is 0.0414. The average molecular weight is 440 g/mol. The molecule has 0 N–H and O–H groups in total. The van der Waals surface area contributed by atoms with Crippen molar-refractivity contribution in [1.82, 2.24) is 30.2 Å². The van der Waals surface area contributed by atoms with Gasteiger partial charge >= 0.3 is 0 Å². The van der Waals surface area contributed by atoms with Crippen LogP contribution >= 0.6 is 0 Å². The number of carbonyl (C=O) groups is 1. The number of piperidine rings is 1. The molecule has 6 rings (SSSR count). The summed E-state index contributed by atoms with van der Waals surface area (Å²) in [5.41, 5.74) is 4.48. The van der Waals surface area contributed by atoms with Gasteiger partial charge in [-0.3, -0.25) is 4.79 Å². The van der Waals surface area contributed by atoms with Gasteiger partial charge in [0.15, 0.2) is 11.5 Å². The van der Waals surface area contributed by atoms with Crippen molar-refractivity contribution in [3.63, 3.8) is 0 Å². The van der Waals surface area contributed by atoms with Gasteiger partial charge in [-0.05, 0) is 52.1 Å². The first-order chi connectivity index (χ1) is 16.3. The lowest BCUT2D eigenvalue weighted by atomic mass is 9.84. The fourth-order valence-electron chi connectivity index (χ4n) is 5.17. The highest BCUT2D eigenvalue weighted by Crippen LogP contribution is 2.35. The number of tetrazole rings is 1. The number of fused-ring (bicyclic) bond motifs is 2. The van der Waals surface area contributed by atoms with Crippen LogP contribution in [0.5, 0.6) is 0 Å². The van der Waals surface area contributed by atoms with E-state index in [-0.39, 0.29) is 17.7 Å². The highest BCUT2D eigenvalue weighted by Gasteiger charge is 2.34. The lowest BCUT2D eigenvalue weighted by molar-refractivity contribution is -0.137. The lowest BCUT2D eigenvalue weighted by Crippen LogP contribution is -2.45. The predicted octanol–water partition coefficient (Wildman–Crippen LogP) is 2.91. The van der Waals surface area contributed by atoms with Gasteiger partial charge in [-0.2, -0.15) is 0 Å². The molecule has 1 amide bonds. The molecule has 0 spiro atoms. The van der Waals surface area contributed by atoms with Gasteiger partial charge in [0, 0.05) is 38.0 Å². The predicted molar refractivity (Wildman–Crippen MR) is 124 cm³/mol. The maximum atomic E-state index is 13.6. The van der Waals surface area contributed by atoms with Gasteiger partial charge in [-0.15, -0.1) is 14.8 Å². The zero-order chi connectivity index (χ0) is 22.2. The second-order valence-electron chi connectivity index (χ2n) is 8.86. The van der Waals surface area contributed by atoms with Crippen LogP contribution in [0.25, 0.3) is 5.65 Å². The lowest BCUT2D eigenvalue weighted by Gasteiger charge is -2.39. The van der Waals surface area contributed by atoms with Gasteiger partial charge < -0.3 is 9.80 Å². The van der Waals surface area contributed by atoms with Crippen LogP contribution in [0, 0.1) is 5.92 Å². The molecule has 4 heterocycles. The zero-order valence-electron chi connectivity index (χ0n) is 18.3. The van der Waals surface area contributed by atoms with Crippen molar-refractivity contribution in [2.75, 3.05) is 24.5 Å². The monoisotopic (exact) mass is 439 g/mol. The SMILES string of the molecule is O=C(C1CCN(c2ccc3nnnn3n2)CC1)N1Cc2ccccc2[C@H](c2ccccc2)C1. The van der Waals surface area contributed by atoms with E-state index in [2.05, 4.69) is 79.0 Å². The average Bonchev–Trinajstić information content (AvgIpc) is 3.36. The number of benzene rings is 2. The summed E-state index contributed by atoms with van der Waals surface area (Å²) in [6, 6.07) is 22.9. The Balaban J connectivity index is 1.17. The molecule has 2 aliphatic rings. The Bertz CT molecular complexity index is 1280. The van der Waals surface area contributed by atoms with Crippen LogP contribution < -0.4 is 4.90 Å². The van der Waals surface area contributed by atoms with Crippen LogP contribution in [-0.2, 0) is 11.3 Å². The molecule has 1 saturated heterocycles. The number of aromatic nitrogens is 5. The molecule has 8 nitrogen and oxygen atoms in total. The van der Waals surface area contributed by atoms with Crippen LogP contribution in [0.2, 0.25) is 0 Å². The number of rotatable bonds is 3. The molecular weight excluding hydrogens is 414 g/mol. The smallest absolute Gasteiger partial charge is 0.226 e. The molecule has 2 aromatic carbocycles. The first kappa shape index (κ1) is 19.8. The highest BCUT2D eigenvalue weighted by atomic mass is 16.2. The van der Waals surface area contributed by atoms with Crippen LogP contribution in [-0.4, -0.2) is 55.7 Å². The maximum absolute atomic E-state index is 13.6. The zero-order valence-corrected chi connectivity index (χ0v) is 18.3. The normalized spacial score (nSPS) is 19.0. The summed E-state index contributed by atoms with van der Waals surface area (Å²) < 4.78 is 1.45. The number of nitrogens with zero attached hydrogens (tertiary/aromatic N) is 7. The van der Waals surface area contributed by atoms with Gasteiger partial charge in [0.1, 0.15) is 0 Å². The third-order valence-corrected chi connectivity index (χ3v) is 6.93. The van der Waals surface area contributed by atoms with Crippen LogP contribution in [0.3, 0.4) is 0 Å². The molecule has 0 unspecified atom stereocenters. The number of hydrogen-bond acceptors (Lipinski definition) is 6. The van der Waals surface area contributed by atoms with Crippen molar-refractivity contribution in [2.45, 2.75) is 25.3 Å². The van der Waals surface area contributed by atoms with Crippen molar-refractivity contribution in [3.8, 4) is 0 Å². The Kier molecular flexibility index (Phi) is 4.97. The molecular formula is C25H25N7O. The van der Waals surface area contributed by atoms with E-state index in [9.17, 15) is 4.79 Å². The van der Waals surface area contributed by atoms with Crippen molar-refractivity contribution in [1.29, 1.82) is 0 Å². The standard InChI is InChI=1S/C25H25N7O/c33-25(19-12-14-30(15-13-19)24-11-10-23-26-28-29-32(23)27-24)31-16-20-8-4-5-9-21(20)22(17-31)18-6-2-1-3-7-18/h1-11,19,22H,12-17H2/t22-/m0/s1. The minimum Gasteiger partial charge on any atom is -0.355 e. The number of amides is 1. The Hall–Kier alpha value is -3.81. The van der Waals surface area contributed by atoms with Crippen molar-refractivity contribution < 1.29 is 4.79 Å². The van der Waals surface area contributed by atoms with E-state index in [0.717, 1.165) is 38.3 Å². The molecule has 0 aliphatic carbocycles. The molecule has 0 saturated carbocycles. The Morgan fingerprint density at radius 3 is 2.55 bits per heavy atom. The molecule has 33 heavy (non-hydrogen) atoms. The summed E-state index contributed by atoms with van der Waals surface area (Å²) in [5.74, 6) is 1.37. The maximum Gasteiger partial charge on any atom is 0.226 e. The first-order valence-corrected chi connectivity index (χ1v) is 11.5. The number of carbonyl (C=O) groups excluding carboxylic acids is 1. The second-order valence-corrected chi connectivity index (χ2v) is 8.86. The molecule has 166 valence electrons. The molecule has 1 atom stereocenters. The van der Waals surface area contributed by atoms with Crippen molar-refractivity contribution >= 4 is 17.4 Å². The largest absolute Gasteiger partial charge is 0.355 e. The molecule has 4 aromatic rings. The van der Waals surface area contributed by atoms with Gasteiger partial charge in [0.25, 0.3) is 0 Å². The Labute approximate surface area is 191 Å². The minimum absolute atomic E-state index is 0.0414. The van der Waals surface area contributed by atoms with Crippen LogP contribution in [0.4, 0.5) is 5.82 Å². The molecule has 1 fully saturated rings. The Morgan fingerprint density at radius 1 is 0.909 bits per heavy atom. The van der Waals surface area contributed by atoms with E-state index in [1.165, 1.54) is 21.3 Å². The molecule has 2 aromatic heterocycles. The van der Waals surface area contributed by atoms with E-state index in [1.54, 1.807) is 0 Å². The summed E-state index contributed by atoms with van der Waals surface area (Å²) >= 11 is 0. The molecule has 2 aliphatic heterocycles. The first-order valence-electron chi connectivity index (χ1n) is 11.5. The molecule has 0 bridgehead atoms. The quantitative estimate of drug-likeness (QED) is 0.488. The Morgan fingerprint density at radius 2 is 1.70 bits per heavy atom. The second kappa shape index (κ2) is 8.27. The van der Waals surface area contributed by atoms with E-state index >= 15 is 0 Å². The fourth-order valence-corrected chi connectivity index (χ4v) is 5.17. The van der Waals surface area contributed by atoms with Gasteiger partial charge in [-0.25, -0.2) is 0 Å². The van der Waals surface area contributed by atoms with Crippen LogP contribution in [0.15, 0.2) is 66.7 Å². The third kappa shape index (κ3) is 3.71. The van der Waals surface area contributed by atoms with Gasteiger partial charge in [0.05, 0.1) is 0 Å².